The quantitative estimate of drug-likeness (QED) is 0.794. The molecule has 2 aromatic carbocycles. The molecule has 0 aromatic heterocycles. The Kier molecular flexibility index (Phi) is 6.48. The molecule has 4 nitrogen and oxygen atoms in total. The van der Waals surface area contributed by atoms with Crippen LogP contribution in [0, 0.1) is 5.82 Å². The van der Waals surface area contributed by atoms with Crippen LogP contribution in [0.15, 0.2) is 66.4 Å². The van der Waals surface area contributed by atoms with Gasteiger partial charge in [0.2, 0.25) is 0 Å². The molecular weight excluding hydrogens is 377 g/mol. The third kappa shape index (κ3) is 4.73. The van der Waals surface area contributed by atoms with Crippen molar-refractivity contribution in [1.29, 1.82) is 0 Å². The van der Waals surface area contributed by atoms with Gasteiger partial charge in [-0.05, 0) is 56.4 Å². The number of carbonyl (C=O) groups is 1. The first kappa shape index (κ1) is 20.6. The number of carbonyl (C=O) groups excluding carboxylic acids is 1. The van der Waals surface area contributed by atoms with E-state index in [1.165, 1.54) is 17.7 Å². The molecule has 2 aromatic rings. The molecule has 0 aliphatic carbocycles. The first-order chi connectivity index (χ1) is 14.6. The fourth-order valence-corrected chi connectivity index (χ4v) is 4.57. The average Bonchev–Trinajstić information content (AvgIpc) is 2.77. The van der Waals surface area contributed by atoms with Crippen LogP contribution in [0.1, 0.15) is 38.2 Å². The highest BCUT2D eigenvalue weighted by molar-refractivity contribution is 6.06. The predicted molar refractivity (Wildman–Crippen MR) is 119 cm³/mol. The lowest BCUT2D eigenvalue weighted by Crippen LogP contribution is -2.51. The number of nitrogens with one attached hydrogen (secondary N) is 1. The van der Waals surface area contributed by atoms with Gasteiger partial charge in [-0.1, -0.05) is 36.4 Å². The maximum atomic E-state index is 14.0. The van der Waals surface area contributed by atoms with Gasteiger partial charge in [0, 0.05) is 49.2 Å². The van der Waals surface area contributed by atoms with Crippen LogP contribution in [0.25, 0.3) is 0 Å². The minimum Gasteiger partial charge on any atom is -0.391 e. The molecule has 1 amide bonds. The summed E-state index contributed by atoms with van der Waals surface area (Å²) < 4.78 is 14.0. The molecule has 0 unspecified atom stereocenters. The molecule has 0 spiro atoms. The van der Waals surface area contributed by atoms with E-state index in [-0.39, 0.29) is 17.8 Å². The molecule has 158 valence electrons. The second kappa shape index (κ2) is 9.43. The molecule has 2 heterocycles. The fraction of sp³-hybridized carbons (Fsp3) is 0.400. The lowest BCUT2D eigenvalue weighted by Gasteiger charge is -2.42. The minimum absolute atomic E-state index is 0.00140. The summed E-state index contributed by atoms with van der Waals surface area (Å²) in [4.78, 5) is 17.8. The van der Waals surface area contributed by atoms with Gasteiger partial charge >= 0.3 is 0 Å². The van der Waals surface area contributed by atoms with Crippen LogP contribution < -0.4 is 10.2 Å². The highest BCUT2D eigenvalue weighted by Gasteiger charge is 2.34. The smallest absolute Gasteiger partial charge is 0.255 e. The maximum Gasteiger partial charge on any atom is 0.255 e. The summed E-state index contributed by atoms with van der Waals surface area (Å²) in [7, 11) is 0. The van der Waals surface area contributed by atoms with Crippen LogP contribution in [-0.4, -0.2) is 36.0 Å². The summed E-state index contributed by atoms with van der Waals surface area (Å²) in [5.41, 5.74) is 2.74. The third-order valence-corrected chi connectivity index (χ3v) is 6.20. The molecule has 2 atom stereocenters. The zero-order valence-corrected chi connectivity index (χ0v) is 17.6. The summed E-state index contributed by atoms with van der Waals surface area (Å²) in [6.45, 7) is 4.95. The Morgan fingerprint density at radius 1 is 1.20 bits per heavy atom. The van der Waals surface area contributed by atoms with Gasteiger partial charge < -0.3 is 10.2 Å². The number of piperidine rings is 1. The van der Waals surface area contributed by atoms with Crippen molar-refractivity contribution in [2.75, 3.05) is 18.0 Å². The number of anilines is 1. The summed E-state index contributed by atoms with van der Waals surface area (Å²) in [5, 5.41) is 3.19. The summed E-state index contributed by atoms with van der Waals surface area (Å²) in [6, 6.07) is 17.3. The zero-order chi connectivity index (χ0) is 20.9. The van der Waals surface area contributed by atoms with Crippen LogP contribution in [-0.2, 0) is 11.3 Å². The first-order valence-corrected chi connectivity index (χ1v) is 10.9. The van der Waals surface area contributed by atoms with Crippen molar-refractivity contribution in [3.63, 3.8) is 0 Å². The predicted octanol–water partition coefficient (Wildman–Crippen LogP) is 4.48. The van der Waals surface area contributed by atoms with Crippen molar-refractivity contribution >= 4 is 11.6 Å². The van der Waals surface area contributed by atoms with E-state index in [4.69, 9.17) is 0 Å². The van der Waals surface area contributed by atoms with Crippen LogP contribution in [0.4, 0.5) is 10.1 Å². The molecule has 2 aliphatic rings. The van der Waals surface area contributed by atoms with Crippen molar-refractivity contribution in [2.45, 2.75) is 51.2 Å². The lowest BCUT2D eigenvalue weighted by molar-refractivity contribution is -0.116. The summed E-state index contributed by atoms with van der Waals surface area (Å²) >= 11 is 0. The molecule has 1 N–H and O–H groups in total. The Morgan fingerprint density at radius 2 is 2.03 bits per heavy atom. The van der Waals surface area contributed by atoms with Gasteiger partial charge in [0.15, 0.2) is 0 Å². The van der Waals surface area contributed by atoms with E-state index in [9.17, 15) is 9.18 Å². The Labute approximate surface area is 178 Å². The number of likely N-dealkylation sites (tertiary alicyclic amines) is 1. The van der Waals surface area contributed by atoms with E-state index >= 15 is 0 Å². The van der Waals surface area contributed by atoms with Gasteiger partial charge in [-0.15, -0.1) is 0 Å². The van der Waals surface area contributed by atoms with Crippen LogP contribution in [0.3, 0.4) is 0 Å². The van der Waals surface area contributed by atoms with E-state index in [1.807, 2.05) is 23.2 Å². The van der Waals surface area contributed by atoms with Gasteiger partial charge in [-0.25, -0.2) is 4.39 Å². The molecule has 0 radical (unpaired) electrons. The molecule has 1 saturated heterocycles. The highest BCUT2D eigenvalue weighted by Crippen LogP contribution is 2.30. The van der Waals surface area contributed by atoms with Crippen molar-refractivity contribution in [1.82, 2.24) is 10.2 Å². The van der Waals surface area contributed by atoms with Crippen molar-refractivity contribution < 1.29 is 9.18 Å². The second-order valence-corrected chi connectivity index (χ2v) is 8.37. The molecule has 2 aliphatic heterocycles. The monoisotopic (exact) mass is 407 g/mol. The molecule has 0 saturated carbocycles. The van der Waals surface area contributed by atoms with E-state index < -0.39 is 0 Å². The van der Waals surface area contributed by atoms with E-state index in [0.717, 1.165) is 50.9 Å². The average molecular weight is 408 g/mol. The van der Waals surface area contributed by atoms with E-state index in [0.29, 0.717) is 11.7 Å². The van der Waals surface area contributed by atoms with Gasteiger partial charge in [-0.3, -0.25) is 9.69 Å². The Hall–Kier alpha value is -2.66. The zero-order valence-electron chi connectivity index (χ0n) is 17.6. The van der Waals surface area contributed by atoms with Crippen LogP contribution in [0.2, 0.25) is 0 Å². The maximum absolute atomic E-state index is 14.0. The molecular formula is C25H30FN3O. The van der Waals surface area contributed by atoms with Crippen molar-refractivity contribution in [3.05, 3.63) is 77.8 Å². The minimum atomic E-state index is -0.310. The number of amides is 1. The fourth-order valence-electron chi connectivity index (χ4n) is 4.57. The molecule has 5 heteroatoms. The standard InChI is InChI=1S/C25H30FN3O/c1-19-15-24(12-14-28(19)18-20-7-3-2-4-8-20)29(23-11-5-10-22(26)16-23)25(30)21-9-6-13-27-17-21/h2-5,7-8,10-11,16-17,19,24,27H,6,9,12-15,18H2,1H3/t19-,24+/m0/s1. The normalized spacial score (nSPS) is 22.1. The number of benzene rings is 2. The third-order valence-electron chi connectivity index (χ3n) is 6.20. The van der Waals surface area contributed by atoms with Gasteiger partial charge in [-0.2, -0.15) is 0 Å². The Balaban J connectivity index is 1.54. The lowest BCUT2D eigenvalue weighted by atomic mass is 9.94. The van der Waals surface area contributed by atoms with Crippen molar-refractivity contribution in [2.24, 2.45) is 0 Å². The van der Waals surface area contributed by atoms with Crippen LogP contribution >= 0.6 is 0 Å². The molecule has 1 fully saturated rings. The second-order valence-electron chi connectivity index (χ2n) is 8.37. The topological polar surface area (TPSA) is 35.6 Å². The SMILES string of the molecule is C[C@H]1C[C@H](N(C(=O)C2=CNCCC2)c2cccc(F)c2)CCN1Cc1ccccc1. The number of nitrogens with zero attached hydrogens (tertiary/aromatic N) is 2. The number of rotatable bonds is 5. The Morgan fingerprint density at radius 3 is 2.73 bits per heavy atom. The van der Waals surface area contributed by atoms with E-state index in [2.05, 4.69) is 41.4 Å². The summed E-state index contributed by atoms with van der Waals surface area (Å²) in [5.74, 6) is -0.308. The number of halogens is 1. The molecule has 0 bridgehead atoms. The van der Waals surface area contributed by atoms with Gasteiger partial charge in [0.25, 0.3) is 5.91 Å². The first-order valence-electron chi connectivity index (χ1n) is 10.9. The van der Waals surface area contributed by atoms with Gasteiger partial charge in [0.05, 0.1) is 0 Å². The van der Waals surface area contributed by atoms with Gasteiger partial charge in [0.1, 0.15) is 5.82 Å². The highest BCUT2D eigenvalue weighted by atomic mass is 19.1. The van der Waals surface area contributed by atoms with Crippen LogP contribution in [0.5, 0.6) is 0 Å². The molecule has 4 rings (SSSR count). The van der Waals surface area contributed by atoms with Crippen molar-refractivity contribution in [3.8, 4) is 0 Å². The Bertz CT molecular complexity index is 898. The molecule has 30 heavy (non-hydrogen) atoms. The number of hydrogen-bond donors (Lipinski definition) is 1. The largest absolute Gasteiger partial charge is 0.391 e. The van der Waals surface area contributed by atoms with E-state index in [1.54, 1.807) is 6.07 Å². The number of hydrogen-bond acceptors (Lipinski definition) is 3. The summed E-state index contributed by atoms with van der Waals surface area (Å²) in [6.07, 6.45) is 5.29.